The summed E-state index contributed by atoms with van der Waals surface area (Å²) in [6, 6.07) is 6.16. The van der Waals surface area contributed by atoms with Crippen molar-refractivity contribution in [2.24, 2.45) is 0 Å². The molecule has 1 N–H and O–H groups in total. The molecule has 1 saturated carbocycles. The van der Waals surface area contributed by atoms with Crippen molar-refractivity contribution in [2.75, 3.05) is 0 Å². The zero-order valence-electron chi connectivity index (χ0n) is 9.38. The number of aryl methyl sites for hydroxylation is 1. The van der Waals surface area contributed by atoms with Gasteiger partial charge in [0.15, 0.2) is 0 Å². The average molecular weight is 237 g/mol. The van der Waals surface area contributed by atoms with Gasteiger partial charge >= 0.3 is 0 Å². The first kappa shape index (κ1) is 10.6. The van der Waals surface area contributed by atoms with Crippen LogP contribution in [0.25, 0.3) is 0 Å². The quantitative estimate of drug-likeness (QED) is 0.729. The molecule has 2 aliphatic rings. The van der Waals surface area contributed by atoms with Crippen molar-refractivity contribution in [1.29, 1.82) is 0 Å². The summed E-state index contributed by atoms with van der Waals surface area (Å²) in [4.78, 5) is 0. The van der Waals surface area contributed by atoms with E-state index < -0.39 is 5.60 Å². The van der Waals surface area contributed by atoms with Crippen molar-refractivity contribution in [3.8, 4) is 0 Å². The summed E-state index contributed by atoms with van der Waals surface area (Å²) < 4.78 is 0. The summed E-state index contributed by atoms with van der Waals surface area (Å²) >= 11 is 6.07. The fourth-order valence-electron chi connectivity index (χ4n) is 3.44. The van der Waals surface area contributed by atoms with Crippen LogP contribution in [-0.2, 0) is 6.42 Å². The van der Waals surface area contributed by atoms with Crippen LogP contribution in [0.5, 0.6) is 0 Å². The molecule has 1 aromatic rings. The monoisotopic (exact) mass is 236 g/mol. The topological polar surface area (TPSA) is 20.2 Å². The van der Waals surface area contributed by atoms with Crippen LogP contribution in [0.1, 0.15) is 49.1 Å². The Morgan fingerprint density at radius 2 is 2.12 bits per heavy atom. The van der Waals surface area contributed by atoms with E-state index >= 15 is 0 Å². The third-order valence-electron chi connectivity index (χ3n) is 4.31. The molecule has 0 bridgehead atoms. The van der Waals surface area contributed by atoms with Crippen LogP contribution in [0.2, 0.25) is 5.02 Å². The van der Waals surface area contributed by atoms with Crippen LogP contribution in [0.15, 0.2) is 18.2 Å². The van der Waals surface area contributed by atoms with E-state index in [9.17, 15) is 5.11 Å². The molecule has 0 amide bonds. The van der Waals surface area contributed by atoms with E-state index in [4.69, 9.17) is 11.6 Å². The molecule has 0 spiro atoms. The van der Waals surface area contributed by atoms with E-state index in [1.54, 1.807) is 0 Å². The molecule has 0 heterocycles. The van der Waals surface area contributed by atoms with Gasteiger partial charge in [0, 0.05) is 10.9 Å². The lowest BCUT2D eigenvalue weighted by molar-refractivity contribution is -0.0300. The van der Waals surface area contributed by atoms with Crippen LogP contribution in [0.4, 0.5) is 0 Å². The lowest BCUT2D eigenvalue weighted by atomic mass is 9.65. The van der Waals surface area contributed by atoms with Gasteiger partial charge in [-0.1, -0.05) is 30.5 Å². The van der Waals surface area contributed by atoms with E-state index in [0.29, 0.717) is 5.92 Å². The van der Waals surface area contributed by atoms with E-state index in [2.05, 4.69) is 12.1 Å². The molecule has 2 atom stereocenters. The Kier molecular flexibility index (Phi) is 2.49. The highest BCUT2D eigenvalue weighted by atomic mass is 35.5. The summed E-state index contributed by atoms with van der Waals surface area (Å²) in [5.41, 5.74) is 2.25. The molecule has 0 aliphatic heterocycles. The summed E-state index contributed by atoms with van der Waals surface area (Å²) in [5.74, 6) is 0.323. The largest absolute Gasteiger partial charge is 0.389 e. The maximum atomic E-state index is 10.7. The normalized spacial score (nSPS) is 33.0. The highest BCUT2D eigenvalue weighted by Gasteiger charge is 2.42. The van der Waals surface area contributed by atoms with Gasteiger partial charge in [-0.25, -0.2) is 0 Å². The fraction of sp³-hybridized carbons (Fsp3) is 0.571. The first-order valence-corrected chi connectivity index (χ1v) is 6.57. The van der Waals surface area contributed by atoms with Gasteiger partial charge in [0.2, 0.25) is 0 Å². The van der Waals surface area contributed by atoms with Gasteiger partial charge in [-0.3, -0.25) is 0 Å². The summed E-state index contributed by atoms with van der Waals surface area (Å²) in [6.07, 6.45) is 6.40. The average Bonchev–Trinajstić information content (AvgIpc) is 2.28. The molecular weight excluding hydrogens is 220 g/mol. The van der Waals surface area contributed by atoms with E-state index in [0.717, 1.165) is 30.7 Å². The smallest absolute Gasteiger partial charge is 0.0719 e. The van der Waals surface area contributed by atoms with Crippen LogP contribution >= 0.6 is 11.6 Å². The summed E-state index contributed by atoms with van der Waals surface area (Å²) in [7, 11) is 0. The SMILES string of the molecule is OC12CCCCC1c1cc(Cl)ccc1CC2. The van der Waals surface area contributed by atoms with Crippen LogP contribution in [0, 0.1) is 0 Å². The molecule has 3 rings (SSSR count). The number of fused-ring (bicyclic) bond motifs is 3. The number of hydrogen-bond donors (Lipinski definition) is 1. The van der Waals surface area contributed by atoms with Crippen molar-refractivity contribution in [1.82, 2.24) is 0 Å². The molecule has 1 fully saturated rings. The van der Waals surface area contributed by atoms with Crippen molar-refractivity contribution in [2.45, 2.75) is 50.0 Å². The lowest BCUT2D eigenvalue weighted by Gasteiger charge is -2.44. The predicted octanol–water partition coefficient (Wildman–Crippen LogP) is 3.67. The minimum absolute atomic E-state index is 0.323. The van der Waals surface area contributed by atoms with E-state index in [-0.39, 0.29) is 0 Å². The molecule has 0 radical (unpaired) electrons. The van der Waals surface area contributed by atoms with Crippen molar-refractivity contribution < 1.29 is 5.11 Å². The Bertz CT molecular complexity index is 415. The van der Waals surface area contributed by atoms with Crippen LogP contribution in [-0.4, -0.2) is 10.7 Å². The number of halogens is 1. The number of aliphatic hydroxyl groups is 1. The second kappa shape index (κ2) is 3.75. The molecule has 16 heavy (non-hydrogen) atoms. The minimum Gasteiger partial charge on any atom is -0.389 e. The second-order valence-electron chi connectivity index (χ2n) is 5.25. The molecule has 2 unspecified atom stereocenters. The van der Waals surface area contributed by atoms with Gasteiger partial charge in [-0.15, -0.1) is 0 Å². The first-order chi connectivity index (χ1) is 7.69. The highest BCUT2D eigenvalue weighted by molar-refractivity contribution is 6.30. The third-order valence-corrected chi connectivity index (χ3v) is 4.55. The Morgan fingerprint density at radius 3 is 3.00 bits per heavy atom. The molecule has 2 heteroatoms. The predicted molar refractivity (Wildman–Crippen MR) is 65.9 cm³/mol. The molecule has 1 nitrogen and oxygen atoms in total. The standard InChI is InChI=1S/C14H17ClO/c15-11-5-4-10-6-8-14(16)7-2-1-3-13(14)12(10)9-11/h4-5,9,13,16H,1-3,6-8H2. The van der Waals surface area contributed by atoms with Gasteiger partial charge in [0.25, 0.3) is 0 Å². The third kappa shape index (κ3) is 1.57. The Balaban J connectivity index is 2.07. The van der Waals surface area contributed by atoms with E-state index in [1.165, 1.54) is 24.0 Å². The second-order valence-corrected chi connectivity index (χ2v) is 5.68. The Labute approximate surface area is 101 Å². The highest BCUT2D eigenvalue weighted by Crippen LogP contribution is 2.48. The lowest BCUT2D eigenvalue weighted by Crippen LogP contribution is -2.42. The maximum absolute atomic E-state index is 10.7. The first-order valence-electron chi connectivity index (χ1n) is 6.20. The molecule has 86 valence electrons. The van der Waals surface area contributed by atoms with Crippen molar-refractivity contribution in [3.63, 3.8) is 0 Å². The summed E-state index contributed by atoms with van der Waals surface area (Å²) in [6.45, 7) is 0. The molecular formula is C14H17ClO. The zero-order chi connectivity index (χ0) is 11.2. The summed E-state index contributed by atoms with van der Waals surface area (Å²) in [5, 5.41) is 11.5. The van der Waals surface area contributed by atoms with Crippen LogP contribution < -0.4 is 0 Å². The van der Waals surface area contributed by atoms with Gasteiger partial charge in [0.05, 0.1) is 5.60 Å². The van der Waals surface area contributed by atoms with E-state index in [1.807, 2.05) is 6.07 Å². The Hall–Kier alpha value is -0.530. The molecule has 1 aromatic carbocycles. The van der Waals surface area contributed by atoms with Crippen LogP contribution in [0.3, 0.4) is 0 Å². The number of benzene rings is 1. The van der Waals surface area contributed by atoms with Crippen molar-refractivity contribution in [3.05, 3.63) is 34.3 Å². The molecule has 0 saturated heterocycles. The number of rotatable bonds is 0. The van der Waals surface area contributed by atoms with Gasteiger partial charge in [0.1, 0.15) is 0 Å². The molecule has 0 aromatic heterocycles. The number of hydrogen-bond acceptors (Lipinski definition) is 1. The fourth-order valence-corrected chi connectivity index (χ4v) is 3.62. The zero-order valence-corrected chi connectivity index (χ0v) is 10.1. The Morgan fingerprint density at radius 1 is 1.25 bits per heavy atom. The van der Waals surface area contributed by atoms with Gasteiger partial charge in [-0.05, 0) is 48.9 Å². The minimum atomic E-state index is -0.448. The van der Waals surface area contributed by atoms with Crippen molar-refractivity contribution >= 4 is 11.6 Å². The van der Waals surface area contributed by atoms with Gasteiger partial charge in [-0.2, -0.15) is 0 Å². The molecule has 2 aliphatic carbocycles. The maximum Gasteiger partial charge on any atom is 0.0719 e. The van der Waals surface area contributed by atoms with Gasteiger partial charge < -0.3 is 5.11 Å².